The Morgan fingerprint density at radius 1 is 0.853 bits per heavy atom. The van der Waals surface area contributed by atoms with Gasteiger partial charge in [0.2, 0.25) is 0 Å². The molecule has 5 fully saturated rings. The topological polar surface area (TPSA) is 74.3 Å². The van der Waals surface area contributed by atoms with Crippen molar-refractivity contribution < 1.29 is 9.59 Å². The molecule has 0 radical (unpaired) electrons. The predicted octanol–water partition coefficient (Wildman–Crippen LogP) is 4.30. The Balaban J connectivity index is 1.04. The SMILES string of the molecule is O=C(NC1CCN(c2ccc(C(=O)NC3C4CC5CC(C4)CC3C5)cc2)C1)c1ccc(Cl)nc1. The summed E-state index contributed by atoms with van der Waals surface area (Å²) in [6, 6.07) is 11.7. The van der Waals surface area contributed by atoms with Gasteiger partial charge in [-0.05, 0) is 98.6 Å². The number of rotatable bonds is 5. The Hall–Kier alpha value is -2.60. The third kappa shape index (κ3) is 4.28. The van der Waals surface area contributed by atoms with Crippen LogP contribution in [0.4, 0.5) is 5.69 Å². The van der Waals surface area contributed by atoms with Crippen molar-refractivity contribution in [3.05, 3.63) is 58.9 Å². The molecule has 7 rings (SSSR count). The van der Waals surface area contributed by atoms with Crippen molar-refractivity contribution >= 4 is 29.1 Å². The summed E-state index contributed by atoms with van der Waals surface area (Å²) in [6.07, 6.45) is 9.01. The van der Waals surface area contributed by atoms with Gasteiger partial charge in [-0.3, -0.25) is 9.59 Å². The number of hydrogen-bond donors (Lipinski definition) is 2. The molecule has 1 unspecified atom stereocenters. The fraction of sp³-hybridized carbons (Fsp3) is 0.519. The molecule has 2 N–H and O–H groups in total. The summed E-state index contributed by atoms with van der Waals surface area (Å²) in [5.74, 6) is 3.11. The lowest BCUT2D eigenvalue weighted by molar-refractivity contribution is -0.0119. The number of pyridine rings is 1. The van der Waals surface area contributed by atoms with E-state index in [1.54, 1.807) is 12.1 Å². The molecule has 0 spiro atoms. The van der Waals surface area contributed by atoms with Gasteiger partial charge in [-0.2, -0.15) is 0 Å². The van der Waals surface area contributed by atoms with Crippen molar-refractivity contribution in [2.45, 2.75) is 50.6 Å². The number of aromatic nitrogens is 1. The van der Waals surface area contributed by atoms with Crippen LogP contribution >= 0.6 is 11.6 Å². The maximum absolute atomic E-state index is 13.0. The second kappa shape index (κ2) is 8.88. The highest BCUT2D eigenvalue weighted by Crippen LogP contribution is 2.53. The van der Waals surface area contributed by atoms with E-state index in [1.165, 1.54) is 38.3 Å². The Kier molecular flexibility index (Phi) is 5.72. The molecular weight excluding hydrogens is 448 g/mol. The van der Waals surface area contributed by atoms with Crippen LogP contribution < -0.4 is 15.5 Å². The third-order valence-electron chi connectivity index (χ3n) is 8.53. The fourth-order valence-electron chi connectivity index (χ4n) is 7.11. The minimum Gasteiger partial charge on any atom is -0.369 e. The molecular formula is C27H31ClN4O2. The van der Waals surface area contributed by atoms with Gasteiger partial charge in [-0.1, -0.05) is 11.6 Å². The number of carbonyl (C=O) groups excluding carboxylic acids is 2. The van der Waals surface area contributed by atoms with Crippen LogP contribution in [0.25, 0.3) is 0 Å². The average molecular weight is 479 g/mol. The highest BCUT2D eigenvalue weighted by Gasteiger charge is 2.48. The van der Waals surface area contributed by atoms with Crippen LogP contribution in [0.5, 0.6) is 0 Å². The number of halogens is 1. The lowest BCUT2D eigenvalue weighted by Crippen LogP contribution is -2.55. The summed E-state index contributed by atoms with van der Waals surface area (Å²) in [6.45, 7) is 1.61. The molecule has 4 bridgehead atoms. The molecule has 5 aliphatic rings. The molecule has 1 atom stereocenters. The van der Waals surface area contributed by atoms with Crippen LogP contribution in [-0.2, 0) is 0 Å². The molecule has 2 amide bonds. The van der Waals surface area contributed by atoms with E-state index in [4.69, 9.17) is 11.6 Å². The van der Waals surface area contributed by atoms with Crippen LogP contribution in [0, 0.1) is 23.7 Å². The van der Waals surface area contributed by atoms with Crippen molar-refractivity contribution in [2.75, 3.05) is 18.0 Å². The second-order valence-electron chi connectivity index (χ2n) is 10.8. The maximum Gasteiger partial charge on any atom is 0.253 e. The predicted molar refractivity (Wildman–Crippen MR) is 132 cm³/mol. The van der Waals surface area contributed by atoms with Gasteiger partial charge in [-0.15, -0.1) is 0 Å². The second-order valence-corrected chi connectivity index (χ2v) is 11.1. The zero-order valence-electron chi connectivity index (χ0n) is 19.3. The molecule has 4 aliphatic carbocycles. The zero-order chi connectivity index (χ0) is 23.2. The van der Waals surface area contributed by atoms with Crippen LogP contribution in [0.3, 0.4) is 0 Å². The molecule has 6 nitrogen and oxygen atoms in total. The minimum absolute atomic E-state index is 0.0622. The van der Waals surface area contributed by atoms with E-state index in [-0.39, 0.29) is 17.9 Å². The van der Waals surface area contributed by atoms with Gasteiger partial charge in [0.25, 0.3) is 11.8 Å². The van der Waals surface area contributed by atoms with Gasteiger partial charge in [0.15, 0.2) is 0 Å². The Labute approximate surface area is 205 Å². The highest BCUT2D eigenvalue weighted by molar-refractivity contribution is 6.29. The summed E-state index contributed by atoms with van der Waals surface area (Å²) in [5, 5.41) is 6.86. The molecule has 34 heavy (non-hydrogen) atoms. The Bertz CT molecular complexity index is 1040. The summed E-state index contributed by atoms with van der Waals surface area (Å²) >= 11 is 5.81. The van der Waals surface area contributed by atoms with Crippen molar-refractivity contribution in [3.63, 3.8) is 0 Å². The van der Waals surface area contributed by atoms with E-state index < -0.39 is 0 Å². The number of amides is 2. The normalized spacial score (nSPS) is 31.5. The summed E-state index contributed by atoms with van der Waals surface area (Å²) in [7, 11) is 0. The largest absolute Gasteiger partial charge is 0.369 e. The molecule has 178 valence electrons. The van der Waals surface area contributed by atoms with Gasteiger partial charge in [0.1, 0.15) is 5.15 Å². The Morgan fingerprint density at radius 2 is 1.50 bits per heavy atom. The lowest BCUT2D eigenvalue weighted by Gasteiger charge is -2.54. The van der Waals surface area contributed by atoms with E-state index in [9.17, 15) is 9.59 Å². The number of carbonyl (C=O) groups is 2. The molecule has 1 aliphatic heterocycles. The number of hydrogen-bond acceptors (Lipinski definition) is 4. The molecule has 2 heterocycles. The van der Waals surface area contributed by atoms with E-state index in [1.807, 2.05) is 24.3 Å². The third-order valence-corrected chi connectivity index (χ3v) is 8.76. The highest BCUT2D eigenvalue weighted by atomic mass is 35.5. The summed E-state index contributed by atoms with van der Waals surface area (Å²) < 4.78 is 0. The van der Waals surface area contributed by atoms with Crippen LogP contribution in [0.1, 0.15) is 59.2 Å². The van der Waals surface area contributed by atoms with Gasteiger partial charge < -0.3 is 15.5 Å². The van der Waals surface area contributed by atoms with Crippen molar-refractivity contribution in [3.8, 4) is 0 Å². The molecule has 2 aromatic rings. The first kappa shape index (κ1) is 21.9. The number of anilines is 1. The molecule has 1 aromatic heterocycles. The van der Waals surface area contributed by atoms with Crippen molar-refractivity contribution in [1.29, 1.82) is 0 Å². The summed E-state index contributed by atoms with van der Waals surface area (Å²) in [5.41, 5.74) is 2.32. The van der Waals surface area contributed by atoms with Gasteiger partial charge in [-0.25, -0.2) is 4.98 Å². The zero-order valence-corrected chi connectivity index (χ0v) is 20.0. The molecule has 1 saturated heterocycles. The Morgan fingerprint density at radius 3 is 2.15 bits per heavy atom. The molecule has 4 saturated carbocycles. The first-order valence-electron chi connectivity index (χ1n) is 12.6. The number of benzene rings is 1. The number of nitrogens with one attached hydrogen (secondary N) is 2. The first-order valence-corrected chi connectivity index (χ1v) is 13.0. The van der Waals surface area contributed by atoms with E-state index in [0.717, 1.165) is 42.6 Å². The standard InChI is InChI=1S/C27H31ClN4O2/c28-24-6-3-19(14-29-24)27(34)30-22-7-8-32(15-22)23-4-1-18(2-5-23)26(33)31-25-20-10-16-9-17(12-20)13-21(25)11-16/h1-6,14,16-17,20-22,25H,7-13,15H2,(H,30,34)(H,31,33). The molecule has 7 heteroatoms. The van der Waals surface area contributed by atoms with Gasteiger partial charge in [0.05, 0.1) is 5.56 Å². The van der Waals surface area contributed by atoms with Crippen LogP contribution in [-0.4, -0.2) is 42.0 Å². The lowest BCUT2D eigenvalue weighted by atomic mass is 9.54. The monoisotopic (exact) mass is 478 g/mol. The van der Waals surface area contributed by atoms with Crippen molar-refractivity contribution in [2.24, 2.45) is 23.7 Å². The fourth-order valence-corrected chi connectivity index (χ4v) is 7.22. The smallest absolute Gasteiger partial charge is 0.253 e. The first-order chi connectivity index (χ1) is 16.5. The quantitative estimate of drug-likeness (QED) is 0.628. The van der Waals surface area contributed by atoms with E-state index >= 15 is 0 Å². The number of nitrogens with zero attached hydrogens (tertiary/aromatic N) is 2. The van der Waals surface area contributed by atoms with E-state index in [0.29, 0.717) is 28.6 Å². The van der Waals surface area contributed by atoms with E-state index in [2.05, 4.69) is 20.5 Å². The maximum atomic E-state index is 13.0. The van der Waals surface area contributed by atoms with Gasteiger partial charge >= 0.3 is 0 Å². The minimum atomic E-state index is -0.132. The van der Waals surface area contributed by atoms with Crippen LogP contribution in [0.15, 0.2) is 42.6 Å². The average Bonchev–Trinajstić information content (AvgIpc) is 3.30. The summed E-state index contributed by atoms with van der Waals surface area (Å²) in [4.78, 5) is 31.7. The van der Waals surface area contributed by atoms with Crippen LogP contribution in [0.2, 0.25) is 5.15 Å². The van der Waals surface area contributed by atoms with Crippen molar-refractivity contribution in [1.82, 2.24) is 15.6 Å². The molecule has 1 aromatic carbocycles. The van der Waals surface area contributed by atoms with Gasteiger partial charge in [0, 0.05) is 42.6 Å².